The number of rotatable bonds is 6. The van der Waals surface area contributed by atoms with Gasteiger partial charge in [-0.2, -0.15) is 0 Å². The van der Waals surface area contributed by atoms with Crippen LogP contribution in [0.2, 0.25) is 0 Å². The number of carbonyl (C=O) groups is 1. The molecule has 1 aliphatic carbocycles. The minimum absolute atomic E-state index is 0.107. The Morgan fingerprint density at radius 3 is 2.57 bits per heavy atom. The fourth-order valence-electron chi connectivity index (χ4n) is 3.79. The van der Waals surface area contributed by atoms with E-state index in [0.29, 0.717) is 37.1 Å². The number of anilines is 1. The number of hydrogen-bond donors (Lipinski definition) is 3. The van der Waals surface area contributed by atoms with Crippen molar-refractivity contribution in [3.63, 3.8) is 0 Å². The van der Waals surface area contributed by atoms with Crippen LogP contribution in [0.25, 0.3) is 0 Å². The van der Waals surface area contributed by atoms with Crippen LogP contribution in [0.3, 0.4) is 0 Å². The molecule has 0 saturated heterocycles. The number of amides is 1. The van der Waals surface area contributed by atoms with Crippen molar-refractivity contribution in [2.75, 3.05) is 18.4 Å². The van der Waals surface area contributed by atoms with Crippen LogP contribution in [0, 0.1) is 0 Å². The van der Waals surface area contributed by atoms with Crippen LogP contribution in [0.4, 0.5) is 5.69 Å². The summed E-state index contributed by atoms with van der Waals surface area (Å²) in [6.45, 7) is 1.02. The molecule has 1 heterocycles. The summed E-state index contributed by atoms with van der Waals surface area (Å²) in [4.78, 5) is 16.6. The van der Waals surface area contributed by atoms with Gasteiger partial charge in [-0.15, -0.1) is 0 Å². The normalized spacial score (nSPS) is 18.8. The topological polar surface area (TPSA) is 104 Å². The van der Waals surface area contributed by atoms with Crippen molar-refractivity contribution in [1.82, 2.24) is 4.72 Å². The predicted molar refractivity (Wildman–Crippen MR) is 110 cm³/mol. The summed E-state index contributed by atoms with van der Waals surface area (Å²) in [5, 5.41) is 4.95. The van der Waals surface area contributed by atoms with Crippen molar-refractivity contribution in [1.29, 1.82) is 0 Å². The Hall–Kier alpha value is -1.93. The zero-order valence-electron chi connectivity index (χ0n) is 16.3. The number of quaternary nitrogens is 1. The van der Waals surface area contributed by atoms with Gasteiger partial charge in [0.15, 0.2) is 6.54 Å². The Kier molecular flexibility index (Phi) is 7.44. The first kappa shape index (κ1) is 20.8. The van der Waals surface area contributed by atoms with Gasteiger partial charge in [0, 0.05) is 18.7 Å². The molecule has 1 aromatic rings. The fraction of sp³-hybridized carbons (Fsp3) is 0.600. The van der Waals surface area contributed by atoms with Gasteiger partial charge in [-0.3, -0.25) is 14.5 Å². The summed E-state index contributed by atoms with van der Waals surface area (Å²) in [7, 11) is -3.68. The van der Waals surface area contributed by atoms with E-state index in [1.165, 1.54) is 44.2 Å². The number of sulfonamides is 1. The second-order valence-electron chi connectivity index (χ2n) is 7.66. The Morgan fingerprint density at radius 2 is 1.86 bits per heavy atom. The Balaban J connectivity index is 1.53. The van der Waals surface area contributed by atoms with Crippen LogP contribution in [0.1, 0.15) is 57.8 Å². The average molecular weight is 408 g/mol. The quantitative estimate of drug-likeness (QED) is 0.669. The summed E-state index contributed by atoms with van der Waals surface area (Å²) in [6.07, 6.45) is 10.2. The van der Waals surface area contributed by atoms with Crippen LogP contribution < -0.4 is 15.4 Å². The standard InChI is InChI=1S/C20H30N4O3S/c25-20(15-22-16-8-4-2-1-3-5-9-16)23-17-10-6-11-18(14-17)28(26,27)24-19-12-7-13-21-19/h6,10-11,14,16,22H,1-5,7-9,12-13,15H2,(H,21,24)(H,23,25)/p+1. The van der Waals surface area contributed by atoms with E-state index in [9.17, 15) is 13.2 Å². The highest BCUT2D eigenvalue weighted by Gasteiger charge is 2.19. The van der Waals surface area contributed by atoms with Crippen molar-refractivity contribution in [3.05, 3.63) is 24.3 Å². The summed E-state index contributed by atoms with van der Waals surface area (Å²) >= 11 is 0. The fourth-order valence-corrected chi connectivity index (χ4v) is 4.92. The van der Waals surface area contributed by atoms with Gasteiger partial charge in [0.25, 0.3) is 15.9 Å². The number of nitrogens with two attached hydrogens (primary N) is 1. The molecular weight excluding hydrogens is 376 g/mol. The van der Waals surface area contributed by atoms with E-state index in [0.717, 1.165) is 19.3 Å². The van der Waals surface area contributed by atoms with Crippen molar-refractivity contribution >= 4 is 27.5 Å². The molecule has 0 atom stereocenters. The molecule has 0 bridgehead atoms. The Labute approximate surface area is 167 Å². The SMILES string of the molecule is O=C(C[NH2+]C1CCCCCCC1)Nc1cccc(S(=O)(=O)NC2=NCCC2)c1. The molecule has 0 unspecified atom stereocenters. The molecule has 1 aromatic carbocycles. The summed E-state index contributed by atoms with van der Waals surface area (Å²) in [6, 6.07) is 6.87. The molecule has 1 amide bonds. The lowest BCUT2D eigenvalue weighted by molar-refractivity contribution is -0.680. The van der Waals surface area contributed by atoms with Gasteiger partial charge in [-0.25, -0.2) is 8.42 Å². The molecule has 1 saturated carbocycles. The van der Waals surface area contributed by atoms with E-state index in [1.807, 2.05) is 0 Å². The Bertz CT molecular complexity index is 799. The summed E-state index contributed by atoms with van der Waals surface area (Å²) in [5.41, 5.74) is 0.493. The minimum atomic E-state index is -3.68. The van der Waals surface area contributed by atoms with E-state index in [-0.39, 0.29) is 10.8 Å². The first-order valence-corrected chi connectivity index (χ1v) is 11.8. The number of aliphatic imine (C=N–C) groups is 1. The summed E-state index contributed by atoms with van der Waals surface area (Å²) < 4.78 is 27.6. The van der Waals surface area contributed by atoms with E-state index >= 15 is 0 Å². The molecule has 0 radical (unpaired) electrons. The first-order valence-electron chi connectivity index (χ1n) is 10.3. The number of nitrogens with one attached hydrogen (secondary N) is 2. The van der Waals surface area contributed by atoms with E-state index in [4.69, 9.17) is 0 Å². The molecule has 2 aliphatic rings. The van der Waals surface area contributed by atoms with Crippen LogP contribution in [-0.4, -0.2) is 39.3 Å². The lowest BCUT2D eigenvalue weighted by Gasteiger charge is -2.18. The van der Waals surface area contributed by atoms with Crippen LogP contribution in [0.15, 0.2) is 34.2 Å². The third-order valence-corrected chi connectivity index (χ3v) is 6.72. The van der Waals surface area contributed by atoms with Crippen LogP contribution >= 0.6 is 0 Å². The van der Waals surface area contributed by atoms with E-state index in [1.54, 1.807) is 12.1 Å². The smallest absolute Gasteiger partial charge is 0.279 e. The van der Waals surface area contributed by atoms with Crippen LogP contribution in [0.5, 0.6) is 0 Å². The molecule has 4 N–H and O–H groups in total. The zero-order chi connectivity index (χ0) is 19.8. The predicted octanol–water partition coefficient (Wildman–Crippen LogP) is 1.77. The van der Waals surface area contributed by atoms with Crippen molar-refractivity contribution in [2.24, 2.45) is 4.99 Å². The van der Waals surface area contributed by atoms with Gasteiger partial charge < -0.3 is 10.6 Å². The minimum Gasteiger partial charge on any atom is -0.336 e. The molecule has 1 aliphatic heterocycles. The van der Waals surface area contributed by atoms with Gasteiger partial charge in [0.05, 0.1) is 10.9 Å². The largest absolute Gasteiger partial charge is 0.336 e. The molecule has 0 spiro atoms. The van der Waals surface area contributed by atoms with Gasteiger partial charge >= 0.3 is 0 Å². The van der Waals surface area contributed by atoms with Crippen molar-refractivity contribution in [2.45, 2.75) is 68.7 Å². The highest BCUT2D eigenvalue weighted by molar-refractivity contribution is 7.90. The van der Waals surface area contributed by atoms with E-state index in [2.05, 4.69) is 20.3 Å². The molecule has 8 heteroatoms. The molecule has 28 heavy (non-hydrogen) atoms. The molecule has 0 aromatic heterocycles. The highest BCUT2D eigenvalue weighted by Crippen LogP contribution is 2.17. The average Bonchev–Trinajstić information content (AvgIpc) is 3.13. The second kappa shape index (κ2) is 10.0. The number of hydrogen-bond acceptors (Lipinski definition) is 4. The maximum atomic E-state index is 12.5. The maximum Gasteiger partial charge on any atom is 0.279 e. The Morgan fingerprint density at radius 1 is 1.11 bits per heavy atom. The lowest BCUT2D eigenvalue weighted by atomic mass is 9.97. The number of amidine groups is 1. The van der Waals surface area contributed by atoms with Gasteiger partial charge in [0.2, 0.25) is 0 Å². The van der Waals surface area contributed by atoms with Gasteiger partial charge in [-0.05, 0) is 50.3 Å². The third-order valence-electron chi connectivity index (χ3n) is 5.34. The van der Waals surface area contributed by atoms with Gasteiger partial charge in [-0.1, -0.05) is 25.3 Å². The first-order chi connectivity index (χ1) is 13.5. The van der Waals surface area contributed by atoms with Gasteiger partial charge in [0.1, 0.15) is 5.84 Å². The van der Waals surface area contributed by atoms with Crippen molar-refractivity contribution < 1.29 is 18.5 Å². The number of benzene rings is 1. The number of nitrogens with zero attached hydrogens (tertiary/aromatic N) is 1. The molecule has 1 fully saturated rings. The molecular formula is C20H31N4O3S+. The van der Waals surface area contributed by atoms with Crippen molar-refractivity contribution in [3.8, 4) is 0 Å². The highest BCUT2D eigenvalue weighted by atomic mass is 32.2. The maximum absolute atomic E-state index is 12.5. The zero-order valence-corrected chi connectivity index (χ0v) is 17.1. The molecule has 154 valence electrons. The number of carbonyl (C=O) groups excluding carboxylic acids is 1. The second-order valence-corrected chi connectivity index (χ2v) is 9.34. The monoisotopic (exact) mass is 407 g/mol. The third kappa shape index (κ3) is 6.31. The molecule has 3 rings (SSSR count). The molecule has 7 nitrogen and oxygen atoms in total. The van der Waals surface area contributed by atoms with E-state index < -0.39 is 10.0 Å². The summed E-state index contributed by atoms with van der Waals surface area (Å²) in [5.74, 6) is 0.396. The van der Waals surface area contributed by atoms with Crippen LogP contribution in [-0.2, 0) is 14.8 Å². The lowest BCUT2D eigenvalue weighted by Crippen LogP contribution is -2.91.